The number of benzene rings is 1. The number of rotatable bonds is 3. The van der Waals surface area contributed by atoms with Crippen molar-refractivity contribution in [3.8, 4) is 0 Å². The number of aromatic nitrogens is 2. The summed E-state index contributed by atoms with van der Waals surface area (Å²) in [6, 6.07) is 8.76. The Labute approximate surface area is 105 Å². The molecule has 4 N–H and O–H groups in total. The van der Waals surface area contributed by atoms with E-state index in [0.717, 1.165) is 5.56 Å². The van der Waals surface area contributed by atoms with Gasteiger partial charge in [-0.05, 0) is 17.1 Å². The van der Waals surface area contributed by atoms with Gasteiger partial charge in [-0.25, -0.2) is 4.68 Å². The van der Waals surface area contributed by atoms with Crippen LogP contribution in [0.1, 0.15) is 5.56 Å². The quantitative estimate of drug-likeness (QED) is 0.651. The number of hydrogen-bond donors (Lipinski definition) is 3. The predicted octanol–water partition coefficient (Wildman–Crippen LogP) is -0.385. The van der Waals surface area contributed by atoms with E-state index in [1.807, 2.05) is 12.1 Å². The van der Waals surface area contributed by atoms with Crippen molar-refractivity contribution in [1.29, 1.82) is 0 Å². The molecule has 1 aromatic carbocycles. The summed E-state index contributed by atoms with van der Waals surface area (Å²) in [4.78, 5) is 0. The molecular formula is C10H13BClN3O2. The zero-order valence-corrected chi connectivity index (χ0v) is 9.84. The zero-order valence-electron chi connectivity index (χ0n) is 9.02. The highest BCUT2D eigenvalue weighted by atomic mass is 35.5. The van der Waals surface area contributed by atoms with Crippen molar-refractivity contribution in [2.24, 2.45) is 0 Å². The van der Waals surface area contributed by atoms with Gasteiger partial charge in [0.05, 0.1) is 12.7 Å². The van der Waals surface area contributed by atoms with Crippen molar-refractivity contribution in [1.82, 2.24) is 9.78 Å². The van der Waals surface area contributed by atoms with E-state index >= 15 is 0 Å². The van der Waals surface area contributed by atoms with Crippen LogP contribution in [-0.4, -0.2) is 26.9 Å². The summed E-state index contributed by atoms with van der Waals surface area (Å²) < 4.78 is 1.60. The monoisotopic (exact) mass is 253 g/mol. The summed E-state index contributed by atoms with van der Waals surface area (Å²) in [5.41, 5.74) is 6.94. The number of halogens is 1. The Kier molecular flexibility index (Phi) is 4.57. The van der Waals surface area contributed by atoms with Gasteiger partial charge >= 0.3 is 7.12 Å². The zero-order chi connectivity index (χ0) is 11.5. The van der Waals surface area contributed by atoms with Gasteiger partial charge in [0.25, 0.3) is 0 Å². The van der Waals surface area contributed by atoms with E-state index in [1.54, 1.807) is 29.1 Å². The van der Waals surface area contributed by atoms with Gasteiger partial charge in [0.1, 0.15) is 5.82 Å². The molecule has 0 saturated heterocycles. The van der Waals surface area contributed by atoms with E-state index in [9.17, 15) is 10.0 Å². The smallest absolute Gasteiger partial charge is 0.423 e. The molecule has 5 nitrogen and oxygen atoms in total. The number of nitrogen functional groups attached to an aromatic ring is 1. The van der Waals surface area contributed by atoms with Gasteiger partial charge in [-0.3, -0.25) is 0 Å². The van der Waals surface area contributed by atoms with Crippen molar-refractivity contribution >= 4 is 30.8 Å². The lowest BCUT2D eigenvalue weighted by molar-refractivity contribution is 0.425. The Balaban J connectivity index is 0.00000144. The van der Waals surface area contributed by atoms with Gasteiger partial charge in [-0.2, -0.15) is 5.10 Å². The SMILES string of the molecule is Cl.Nc1ccnn1Cc1ccccc1B(O)O. The van der Waals surface area contributed by atoms with Gasteiger partial charge in [0, 0.05) is 0 Å². The standard InChI is InChI=1S/C10H12BN3O2.ClH/c12-10-5-6-13-14(10)7-8-3-1-2-4-9(8)11(15)16;/h1-6,15-16H,7,12H2;1H. The molecule has 2 aromatic rings. The highest BCUT2D eigenvalue weighted by Crippen LogP contribution is 2.05. The first-order valence-electron chi connectivity index (χ1n) is 4.89. The first kappa shape index (κ1) is 13.6. The molecular weight excluding hydrogens is 240 g/mol. The number of nitrogens with zero attached hydrogens (tertiary/aromatic N) is 2. The highest BCUT2D eigenvalue weighted by Gasteiger charge is 2.15. The molecule has 1 heterocycles. The van der Waals surface area contributed by atoms with Crippen molar-refractivity contribution < 1.29 is 10.0 Å². The van der Waals surface area contributed by atoms with Crippen LogP contribution >= 0.6 is 12.4 Å². The van der Waals surface area contributed by atoms with Crippen molar-refractivity contribution in [3.05, 3.63) is 42.1 Å². The molecule has 0 radical (unpaired) electrons. The minimum absolute atomic E-state index is 0. The van der Waals surface area contributed by atoms with Gasteiger partial charge in [0.15, 0.2) is 0 Å². The van der Waals surface area contributed by atoms with Gasteiger partial charge in [-0.15, -0.1) is 12.4 Å². The molecule has 0 atom stereocenters. The van der Waals surface area contributed by atoms with E-state index in [-0.39, 0.29) is 12.4 Å². The van der Waals surface area contributed by atoms with Crippen LogP contribution in [-0.2, 0) is 6.54 Å². The summed E-state index contributed by atoms with van der Waals surface area (Å²) >= 11 is 0. The average molecular weight is 253 g/mol. The Morgan fingerprint density at radius 2 is 1.94 bits per heavy atom. The second-order valence-electron chi connectivity index (χ2n) is 3.49. The van der Waals surface area contributed by atoms with Gasteiger partial charge in [-0.1, -0.05) is 24.3 Å². The lowest BCUT2D eigenvalue weighted by Gasteiger charge is -2.09. The minimum atomic E-state index is -1.48. The van der Waals surface area contributed by atoms with E-state index in [0.29, 0.717) is 17.8 Å². The van der Waals surface area contributed by atoms with Gasteiger partial charge in [0.2, 0.25) is 0 Å². The maximum absolute atomic E-state index is 9.20. The molecule has 0 unspecified atom stereocenters. The Bertz CT molecular complexity index is 490. The highest BCUT2D eigenvalue weighted by molar-refractivity contribution is 6.59. The molecule has 2 rings (SSSR count). The molecule has 0 saturated carbocycles. The normalized spacial score (nSPS) is 9.76. The summed E-state index contributed by atoms with van der Waals surface area (Å²) in [5.74, 6) is 0.544. The summed E-state index contributed by atoms with van der Waals surface area (Å²) in [5, 5.41) is 22.4. The molecule has 90 valence electrons. The van der Waals surface area contributed by atoms with Crippen molar-refractivity contribution in [3.63, 3.8) is 0 Å². The first-order valence-corrected chi connectivity index (χ1v) is 4.89. The minimum Gasteiger partial charge on any atom is -0.423 e. The van der Waals surface area contributed by atoms with E-state index in [2.05, 4.69) is 5.10 Å². The molecule has 0 spiro atoms. The van der Waals surface area contributed by atoms with E-state index < -0.39 is 7.12 Å². The number of hydrogen-bond acceptors (Lipinski definition) is 4. The van der Waals surface area contributed by atoms with E-state index in [4.69, 9.17) is 5.73 Å². The Morgan fingerprint density at radius 3 is 2.53 bits per heavy atom. The topological polar surface area (TPSA) is 84.3 Å². The van der Waals surface area contributed by atoms with Crippen LogP contribution in [0.3, 0.4) is 0 Å². The Morgan fingerprint density at radius 1 is 1.24 bits per heavy atom. The lowest BCUT2D eigenvalue weighted by atomic mass is 9.77. The van der Waals surface area contributed by atoms with Crippen molar-refractivity contribution in [2.75, 3.05) is 5.73 Å². The molecule has 0 amide bonds. The first-order chi connectivity index (χ1) is 7.68. The van der Waals surface area contributed by atoms with Crippen LogP contribution in [0.15, 0.2) is 36.5 Å². The van der Waals surface area contributed by atoms with Crippen LogP contribution < -0.4 is 11.2 Å². The average Bonchev–Trinajstić information content (AvgIpc) is 2.65. The number of anilines is 1. The second kappa shape index (κ2) is 5.72. The lowest BCUT2D eigenvalue weighted by Crippen LogP contribution is -2.33. The fraction of sp³-hybridized carbons (Fsp3) is 0.100. The third-order valence-corrected chi connectivity index (χ3v) is 2.40. The van der Waals surface area contributed by atoms with E-state index in [1.165, 1.54) is 0 Å². The maximum Gasteiger partial charge on any atom is 0.488 e. The van der Waals surface area contributed by atoms with Crippen LogP contribution in [0.2, 0.25) is 0 Å². The summed E-state index contributed by atoms with van der Waals surface area (Å²) in [6.45, 7) is 0.423. The molecule has 0 aliphatic rings. The van der Waals surface area contributed by atoms with Crippen LogP contribution in [0.25, 0.3) is 0 Å². The number of nitrogens with two attached hydrogens (primary N) is 1. The largest absolute Gasteiger partial charge is 0.488 e. The van der Waals surface area contributed by atoms with Gasteiger partial charge < -0.3 is 15.8 Å². The molecule has 1 aromatic heterocycles. The van der Waals surface area contributed by atoms with Crippen LogP contribution in [0, 0.1) is 0 Å². The Hall–Kier alpha value is -1.50. The molecule has 0 fully saturated rings. The summed E-state index contributed by atoms with van der Waals surface area (Å²) in [6.07, 6.45) is 1.60. The molecule has 17 heavy (non-hydrogen) atoms. The fourth-order valence-corrected chi connectivity index (χ4v) is 1.57. The molecule has 7 heteroatoms. The van der Waals surface area contributed by atoms with Crippen LogP contribution in [0.4, 0.5) is 5.82 Å². The molecule has 0 aliphatic carbocycles. The predicted molar refractivity (Wildman–Crippen MR) is 69.3 cm³/mol. The van der Waals surface area contributed by atoms with Crippen LogP contribution in [0.5, 0.6) is 0 Å². The maximum atomic E-state index is 9.20. The molecule has 0 aliphatic heterocycles. The van der Waals surface area contributed by atoms with Crippen molar-refractivity contribution in [2.45, 2.75) is 6.54 Å². The second-order valence-corrected chi connectivity index (χ2v) is 3.49. The summed E-state index contributed by atoms with van der Waals surface area (Å²) in [7, 11) is -1.48. The third-order valence-electron chi connectivity index (χ3n) is 2.40. The third kappa shape index (κ3) is 3.00. The molecule has 0 bridgehead atoms. The fourth-order valence-electron chi connectivity index (χ4n) is 1.57.